The summed E-state index contributed by atoms with van der Waals surface area (Å²) in [5, 5.41) is 0. The quantitative estimate of drug-likeness (QED) is 0.635. The molecule has 150 valence electrons. The van der Waals surface area contributed by atoms with Crippen LogP contribution in [0.15, 0.2) is 60.9 Å². The number of piperazine rings is 1. The number of anilines is 1. The monoisotopic (exact) mass is 394 g/mol. The summed E-state index contributed by atoms with van der Waals surface area (Å²) in [5.74, 6) is 1.73. The Balaban J connectivity index is 1.35. The van der Waals surface area contributed by atoms with Crippen LogP contribution >= 0.6 is 0 Å². The summed E-state index contributed by atoms with van der Waals surface area (Å²) in [6, 6.07) is 16.2. The molecule has 3 aromatic rings. The molecular weight excluding hydrogens is 371 g/mol. The minimum Gasteiger partial charge on any atom is -0.497 e. The second-order valence-corrected chi connectivity index (χ2v) is 6.86. The lowest BCUT2D eigenvalue weighted by molar-refractivity contribution is 0.249. The number of halogens is 1. The smallest absolute Gasteiger partial charge is 0.224 e. The zero-order valence-electron chi connectivity index (χ0n) is 16.3. The van der Waals surface area contributed by atoms with Gasteiger partial charge in [-0.2, -0.15) is 0 Å². The molecule has 1 saturated heterocycles. The van der Waals surface area contributed by atoms with Crippen LogP contribution in [0.25, 0.3) is 0 Å². The zero-order valence-corrected chi connectivity index (χ0v) is 16.3. The Labute approximate surface area is 169 Å². The van der Waals surface area contributed by atoms with Gasteiger partial charge in [0.2, 0.25) is 5.88 Å². The Hall–Kier alpha value is -3.19. The van der Waals surface area contributed by atoms with E-state index in [0.717, 1.165) is 44.3 Å². The number of hydrogen-bond donors (Lipinski definition) is 0. The average molecular weight is 394 g/mol. The van der Waals surface area contributed by atoms with Crippen molar-refractivity contribution in [3.8, 4) is 17.4 Å². The second kappa shape index (κ2) is 8.87. The minimum atomic E-state index is -0.417. The summed E-state index contributed by atoms with van der Waals surface area (Å²) in [4.78, 5) is 13.1. The van der Waals surface area contributed by atoms with Crippen LogP contribution in [0, 0.1) is 5.82 Å². The molecule has 0 atom stereocenters. The van der Waals surface area contributed by atoms with Gasteiger partial charge in [-0.1, -0.05) is 24.3 Å². The lowest BCUT2D eigenvalue weighted by Crippen LogP contribution is -2.46. The van der Waals surface area contributed by atoms with Crippen molar-refractivity contribution >= 4 is 5.82 Å². The standard InChI is InChI=1S/C22H23FN4O2/c1-28-18-8-6-17(7-9-18)15-26-10-12-27(13-11-26)21-14-22(25-16-24-21)29-20-5-3-2-4-19(20)23/h2-9,14,16H,10-13,15H2,1H3. The number of para-hydroxylation sites is 1. The fraction of sp³-hybridized carbons (Fsp3) is 0.273. The normalized spacial score (nSPS) is 14.6. The summed E-state index contributed by atoms with van der Waals surface area (Å²) in [5.41, 5.74) is 1.27. The summed E-state index contributed by atoms with van der Waals surface area (Å²) in [6.45, 7) is 4.47. The fourth-order valence-corrected chi connectivity index (χ4v) is 3.32. The van der Waals surface area contributed by atoms with Crippen molar-refractivity contribution in [3.05, 3.63) is 72.3 Å². The van der Waals surface area contributed by atoms with Crippen LogP contribution in [0.2, 0.25) is 0 Å². The predicted octanol–water partition coefficient (Wildman–Crippen LogP) is 3.74. The van der Waals surface area contributed by atoms with Gasteiger partial charge >= 0.3 is 0 Å². The molecule has 1 aliphatic rings. The summed E-state index contributed by atoms with van der Waals surface area (Å²) < 4.78 is 24.6. The highest BCUT2D eigenvalue weighted by Crippen LogP contribution is 2.25. The van der Waals surface area contributed by atoms with E-state index in [-0.39, 0.29) is 5.75 Å². The maximum Gasteiger partial charge on any atom is 0.224 e. The number of ether oxygens (including phenoxy) is 2. The Morgan fingerprint density at radius 3 is 2.45 bits per heavy atom. The first-order valence-electron chi connectivity index (χ1n) is 9.56. The highest BCUT2D eigenvalue weighted by molar-refractivity contribution is 5.42. The van der Waals surface area contributed by atoms with E-state index < -0.39 is 5.82 Å². The summed E-state index contributed by atoms with van der Waals surface area (Å²) >= 11 is 0. The van der Waals surface area contributed by atoms with Crippen molar-refractivity contribution in [2.75, 3.05) is 38.2 Å². The van der Waals surface area contributed by atoms with Crippen LogP contribution in [-0.4, -0.2) is 48.2 Å². The van der Waals surface area contributed by atoms with Gasteiger partial charge < -0.3 is 14.4 Å². The topological polar surface area (TPSA) is 50.7 Å². The highest BCUT2D eigenvalue weighted by Gasteiger charge is 2.19. The minimum absolute atomic E-state index is 0.154. The van der Waals surface area contributed by atoms with Crippen molar-refractivity contribution in [1.82, 2.24) is 14.9 Å². The number of methoxy groups -OCH3 is 1. The Bertz CT molecular complexity index is 944. The Morgan fingerprint density at radius 2 is 1.72 bits per heavy atom. The molecule has 7 heteroatoms. The van der Waals surface area contributed by atoms with E-state index in [1.54, 1.807) is 31.4 Å². The number of nitrogens with zero attached hydrogens (tertiary/aromatic N) is 4. The molecule has 6 nitrogen and oxygen atoms in total. The number of rotatable bonds is 6. The van der Waals surface area contributed by atoms with Crippen LogP contribution in [-0.2, 0) is 6.54 Å². The first-order valence-corrected chi connectivity index (χ1v) is 9.56. The molecule has 1 aromatic heterocycles. The van der Waals surface area contributed by atoms with Gasteiger partial charge in [-0.05, 0) is 29.8 Å². The maximum absolute atomic E-state index is 13.8. The van der Waals surface area contributed by atoms with Crippen molar-refractivity contribution in [2.24, 2.45) is 0 Å². The van der Waals surface area contributed by atoms with Gasteiger partial charge in [0.25, 0.3) is 0 Å². The number of benzene rings is 2. The molecule has 0 spiro atoms. The van der Waals surface area contributed by atoms with Crippen LogP contribution < -0.4 is 14.4 Å². The van der Waals surface area contributed by atoms with Gasteiger partial charge in [-0.15, -0.1) is 0 Å². The van der Waals surface area contributed by atoms with E-state index in [1.807, 2.05) is 12.1 Å². The largest absolute Gasteiger partial charge is 0.497 e. The molecule has 1 aliphatic heterocycles. The van der Waals surface area contributed by atoms with Gasteiger partial charge in [0.1, 0.15) is 17.9 Å². The molecule has 0 N–H and O–H groups in total. The molecule has 0 radical (unpaired) electrons. The molecule has 0 amide bonds. The third-order valence-corrected chi connectivity index (χ3v) is 4.94. The lowest BCUT2D eigenvalue weighted by atomic mass is 10.2. The van der Waals surface area contributed by atoms with Crippen molar-refractivity contribution in [3.63, 3.8) is 0 Å². The van der Waals surface area contributed by atoms with Crippen molar-refractivity contribution in [1.29, 1.82) is 0 Å². The van der Waals surface area contributed by atoms with Crippen LogP contribution in [0.1, 0.15) is 5.56 Å². The van der Waals surface area contributed by atoms with Crippen LogP contribution in [0.4, 0.5) is 10.2 Å². The lowest BCUT2D eigenvalue weighted by Gasteiger charge is -2.35. The van der Waals surface area contributed by atoms with Gasteiger partial charge in [-0.3, -0.25) is 4.90 Å². The average Bonchev–Trinajstić information content (AvgIpc) is 2.77. The Kier molecular flexibility index (Phi) is 5.86. The van der Waals surface area contributed by atoms with Crippen molar-refractivity contribution in [2.45, 2.75) is 6.54 Å². The van der Waals surface area contributed by atoms with Gasteiger partial charge in [0.15, 0.2) is 11.6 Å². The van der Waals surface area contributed by atoms with E-state index in [1.165, 1.54) is 18.0 Å². The molecule has 2 heterocycles. The number of hydrogen-bond acceptors (Lipinski definition) is 6. The van der Waals surface area contributed by atoms with Crippen LogP contribution in [0.5, 0.6) is 17.4 Å². The van der Waals surface area contributed by atoms with E-state index in [4.69, 9.17) is 9.47 Å². The Morgan fingerprint density at radius 1 is 0.966 bits per heavy atom. The van der Waals surface area contributed by atoms with E-state index in [9.17, 15) is 4.39 Å². The SMILES string of the molecule is COc1ccc(CN2CCN(c3cc(Oc4ccccc4F)ncn3)CC2)cc1. The molecule has 0 aliphatic carbocycles. The predicted molar refractivity (Wildman–Crippen MR) is 109 cm³/mol. The first-order chi connectivity index (χ1) is 14.2. The van der Waals surface area contributed by atoms with Crippen molar-refractivity contribution < 1.29 is 13.9 Å². The fourth-order valence-electron chi connectivity index (χ4n) is 3.32. The molecule has 0 unspecified atom stereocenters. The molecule has 2 aromatic carbocycles. The van der Waals surface area contributed by atoms with Gasteiger partial charge in [0, 0.05) is 38.8 Å². The molecule has 4 rings (SSSR count). The molecule has 0 saturated carbocycles. The second-order valence-electron chi connectivity index (χ2n) is 6.86. The van der Waals surface area contributed by atoms with E-state index in [0.29, 0.717) is 5.88 Å². The number of aromatic nitrogens is 2. The highest BCUT2D eigenvalue weighted by atomic mass is 19.1. The zero-order chi connectivity index (χ0) is 20.1. The summed E-state index contributed by atoms with van der Waals surface area (Å²) in [7, 11) is 1.67. The first kappa shape index (κ1) is 19.1. The van der Waals surface area contributed by atoms with E-state index >= 15 is 0 Å². The van der Waals surface area contributed by atoms with Crippen LogP contribution in [0.3, 0.4) is 0 Å². The third kappa shape index (κ3) is 4.81. The molecule has 29 heavy (non-hydrogen) atoms. The molecule has 0 bridgehead atoms. The van der Waals surface area contributed by atoms with Gasteiger partial charge in [-0.25, -0.2) is 14.4 Å². The molecule has 1 fully saturated rings. The maximum atomic E-state index is 13.8. The third-order valence-electron chi connectivity index (χ3n) is 4.94. The van der Waals surface area contributed by atoms with Gasteiger partial charge in [0.05, 0.1) is 7.11 Å². The summed E-state index contributed by atoms with van der Waals surface area (Å²) in [6.07, 6.45) is 1.45. The van der Waals surface area contributed by atoms with E-state index in [2.05, 4.69) is 31.9 Å². The molecular formula is C22H23FN4O2.